The standard InChI is InChI=1S/C16H17FN2/c17-15-10-19-8-7-14(15)16(18)13-6-2-5-12(9-13)11-3-1-4-11/h2,5-11,16H,1,3-4,18H2. The van der Waals surface area contributed by atoms with Gasteiger partial charge in [0.2, 0.25) is 0 Å². The van der Waals surface area contributed by atoms with Gasteiger partial charge in [0.15, 0.2) is 0 Å². The third-order valence-electron chi connectivity index (χ3n) is 3.99. The van der Waals surface area contributed by atoms with Gasteiger partial charge in [-0.2, -0.15) is 0 Å². The van der Waals surface area contributed by atoms with Crippen LogP contribution < -0.4 is 5.73 Å². The van der Waals surface area contributed by atoms with Gasteiger partial charge in [-0.1, -0.05) is 30.7 Å². The number of benzene rings is 1. The molecule has 1 saturated carbocycles. The molecule has 0 bridgehead atoms. The summed E-state index contributed by atoms with van der Waals surface area (Å²) < 4.78 is 13.7. The van der Waals surface area contributed by atoms with Crippen LogP contribution in [0.3, 0.4) is 0 Å². The van der Waals surface area contributed by atoms with E-state index in [1.807, 2.05) is 12.1 Å². The van der Waals surface area contributed by atoms with Gasteiger partial charge in [0, 0.05) is 11.8 Å². The van der Waals surface area contributed by atoms with Gasteiger partial charge in [-0.25, -0.2) is 4.39 Å². The van der Waals surface area contributed by atoms with Crippen molar-refractivity contribution in [2.45, 2.75) is 31.2 Å². The maximum Gasteiger partial charge on any atom is 0.146 e. The van der Waals surface area contributed by atoms with E-state index in [0.29, 0.717) is 11.5 Å². The molecule has 1 aliphatic rings. The fourth-order valence-electron chi connectivity index (χ4n) is 2.57. The minimum atomic E-state index is -0.428. The molecule has 1 heterocycles. The van der Waals surface area contributed by atoms with Crippen molar-refractivity contribution >= 4 is 0 Å². The van der Waals surface area contributed by atoms with Crippen LogP contribution in [0.2, 0.25) is 0 Å². The average molecular weight is 256 g/mol. The molecular weight excluding hydrogens is 239 g/mol. The zero-order chi connectivity index (χ0) is 13.2. The van der Waals surface area contributed by atoms with Crippen molar-refractivity contribution in [3.8, 4) is 0 Å². The van der Waals surface area contributed by atoms with E-state index in [1.165, 1.54) is 31.0 Å². The zero-order valence-corrected chi connectivity index (χ0v) is 10.7. The van der Waals surface area contributed by atoms with E-state index < -0.39 is 6.04 Å². The Labute approximate surface area is 112 Å². The van der Waals surface area contributed by atoms with Crippen molar-refractivity contribution in [3.05, 3.63) is 65.2 Å². The predicted octanol–water partition coefficient (Wildman–Crippen LogP) is 3.54. The average Bonchev–Trinajstić information content (AvgIpc) is 2.37. The molecule has 98 valence electrons. The molecule has 1 aromatic carbocycles. The van der Waals surface area contributed by atoms with Crippen LogP contribution in [0.15, 0.2) is 42.7 Å². The van der Waals surface area contributed by atoms with Crippen molar-refractivity contribution in [1.29, 1.82) is 0 Å². The monoisotopic (exact) mass is 256 g/mol. The fourth-order valence-corrected chi connectivity index (χ4v) is 2.57. The number of nitrogens with zero attached hydrogens (tertiary/aromatic N) is 1. The molecule has 1 aromatic heterocycles. The van der Waals surface area contributed by atoms with Gasteiger partial charge in [-0.3, -0.25) is 4.98 Å². The molecular formula is C16H17FN2. The highest BCUT2D eigenvalue weighted by molar-refractivity contribution is 5.35. The first-order valence-electron chi connectivity index (χ1n) is 6.70. The molecule has 2 aromatic rings. The first kappa shape index (κ1) is 12.3. The fraction of sp³-hybridized carbons (Fsp3) is 0.312. The van der Waals surface area contributed by atoms with Gasteiger partial charge >= 0.3 is 0 Å². The number of rotatable bonds is 3. The van der Waals surface area contributed by atoms with Gasteiger partial charge < -0.3 is 5.73 Å². The minimum absolute atomic E-state index is 0.343. The molecule has 0 spiro atoms. The van der Waals surface area contributed by atoms with Crippen LogP contribution in [0.4, 0.5) is 4.39 Å². The Morgan fingerprint density at radius 1 is 1.26 bits per heavy atom. The lowest BCUT2D eigenvalue weighted by molar-refractivity contribution is 0.419. The van der Waals surface area contributed by atoms with Gasteiger partial charge in [0.05, 0.1) is 12.2 Å². The van der Waals surface area contributed by atoms with Crippen molar-refractivity contribution in [1.82, 2.24) is 4.98 Å². The van der Waals surface area contributed by atoms with E-state index in [4.69, 9.17) is 5.73 Å². The third kappa shape index (κ3) is 2.38. The third-order valence-corrected chi connectivity index (χ3v) is 3.99. The molecule has 1 unspecified atom stereocenters. The molecule has 2 nitrogen and oxygen atoms in total. The van der Waals surface area contributed by atoms with Crippen LogP contribution in [-0.4, -0.2) is 4.98 Å². The van der Waals surface area contributed by atoms with Crippen molar-refractivity contribution in [2.24, 2.45) is 5.73 Å². The molecule has 0 amide bonds. The summed E-state index contributed by atoms with van der Waals surface area (Å²) in [4.78, 5) is 3.76. The highest BCUT2D eigenvalue weighted by atomic mass is 19.1. The summed E-state index contributed by atoms with van der Waals surface area (Å²) in [6.07, 6.45) is 6.60. The number of nitrogens with two attached hydrogens (primary N) is 1. The predicted molar refractivity (Wildman–Crippen MR) is 73.3 cm³/mol. The largest absolute Gasteiger partial charge is 0.320 e. The number of halogens is 1. The Kier molecular flexibility index (Phi) is 3.30. The Balaban J connectivity index is 1.91. The maximum absolute atomic E-state index is 13.7. The SMILES string of the molecule is NC(c1cccc(C2CCC2)c1)c1ccncc1F. The van der Waals surface area contributed by atoms with E-state index in [2.05, 4.69) is 17.1 Å². The number of pyridine rings is 1. The van der Waals surface area contributed by atoms with E-state index in [-0.39, 0.29) is 5.82 Å². The molecule has 3 heteroatoms. The molecule has 1 fully saturated rings. The van der Waals surface area contributed by atoms with Gasteiger partial charge in [-0.05, 0) is 36.0 Å². The van der Waals surface area contributed by atoms with Crippen molar-refractivity contribution in [2.75, 3.05) is 0 Å². The maximum atomic E-state index is 13.7. The highest BCUT2D eigenvalue weighted by Crippen LogP contribution is 2.37. The molecule has 2 N–H and O–H groups in total. The van der Waals surface area contributed by atoms with Crippen LogP contribution in [-0.2, 0) is 0 Å². The second kappa shape index (κ2) is 5.10. The summed E-state index contributed by atoms with van der Waals surface area (Å²) in [5.41, 5.74) is 8.97. The lowest BCUT2D eigenvalue weighted by atomic mass is 9.79. The normalized spacial score (nSPS) is 16.9. The molecule has 19 heavy (non-hydrogen) atoms. The second-order valence-corrected chi connectivity index (χ2v) is 5.17. The summed E-state index contributed by atoms with van der Waals surface area (Å²) in [7, 11) is 0. The van der Waals surface area contributed by atoms with Crippen LogP contribution in [0.1, 0.15) is 47.9 Å². The van der Waals surface area contributed by atoms with Crippen molar-refractivity contribution in [3.63, 3.8) is 0 Å². The van der Waals surface area contributed by atoms with E-state index >= 15 is 0 Å². The Hall–Kier alpha value is -1.74. The molecule has 3 rings (SSSR count). The molecule has 0 radical (unpaired) electrons. The van der Waals surface area contributed by atoms with Crippen LogP contribution in [0.25, 0.3) is 0 Å². The number of hydrogen-bond donors (Lipinski definition) is 1. The van der Waals surface area contributed by atoms with E-state index in [0.717, 1.165) is 5.56 Å². The Morgan fingerprint density at radius 2 is 2.11 bits per heavy atom. The van der Waals surface area contributed by atoms with Gasteiger partial charge in [-0.15, -0.1) is 0 Å². The van der Waals surface area contributed by atoms with Crippen LogP contribution in [0.5, 0.6) is 0 Å². The van der Waals surface area contributed by atoms with Gasteiger partial charge in [0.25, 0.3) is 0 Å². The van der Waals surface area contributed by atoms with Crippen molar-refractivity contribution < 1.29 is 4.39 Å². The number of hydrogen-bond acceptors (Lipinski definition) is 2. The lowest BCUT2D eigenvalue weighted by Crippen LogP contribution is -2.15. The smallest absolute Gasteiger partial charge is 0.146 e. The summed E-state index contributed by atoms with van der Waals surface area (Å²) in [5.74, 6) is 0.318. The molecule has 0 aliphatic heterocycles. The van der Waals surface area contributed by atoms with E-state index in [1.54, 1.807) is 12.3 Å². The minimum Gasteiger partial charge on any atom is -0.320 e. The summed E-state index contributed by atoms with van der Waals surface area (Å²) in [6, 6.07) is 9.46. The zero-order valence-electron chi connectivity index (χ0n) is 10.7. The number of aromatic nitrogens is 1. The molecule has 1 atom stereocenters. The lowest BCUT2D eigenvalue weighted by Gasteiger charge is -2.26. The van der Waals surface area contributed by atoms with Crippen LogP contribution >= 0.6 is 0 Å². The molecule has 1 aliphatic carbocycles. The summed E-state index contributed by atoms with van der Waals surface area (Å²) in [5, 5.41) is 0. The van der Waals surface area contributed by atoms with Crippen LogP contribution in [0, 0.1) is 5.82 Å². The van der Waals surface area contributed by atoms with Gasteiger partial charge in [0.1, 0.15) is 5.82 Å². The first-order chi connectivity index (χ1) is 9.25. The Morgan fingerprint density at radius 3 is 2.79 bits per heavy atom. The quantitative estimate of drug-likeness (QED) is 0.912. The van der Waals surface area contributed by atoms with E-state index in [9.17, 15) is 4.39 Å². The topological polar surface area (TPSA) is 38.9 Å². The molecule has 0 saturated heterocycles. The first-order valence-corrected chi connectivity index (χ1v) is 6.70. The Bertz CT molecular complexity index is 578. The summed E-state index contributed by atoms with van der Waals surface area (Å²) in [6.45, 7) is 0. The highest BCUT2D eigenvalue weighted by Gasteiger charge is 2.21. The summed E-state index contributed by atoms with van der Waals surface area (Å²) >= 11 is 0. The second-order valence-electron chi connectivity index (χ2n) is 5.17.